The van der Waals surface area contributed by atoms with Gasteiger partial charge in [-0.3, -0.25) is 28.5 Å². The van der Waals surface area contributed by atoms with E-state index in [0.717, 1.165) is 28.1 Å². The number of rotatable bonds is 13. The SMILES string of the molecule is COC(=O)[C@H](C)NP(=O)(N[C@@H](C)C(=O)OC)OC[C@H]1O[C@@H]([n+]2cccc(C(N)=O)c2)[C@H](OC(C)=O)[C@@H]1OC(C)=O. The number of nitrogens with one attached hydrogen (secondary N) is 2. The molecule has 1 aliphatic heterocycles. The lowest BCUT2D eigenvalue weighted by atomic mass is 10.1. The van der Waals surface area contributed by atoms with Crippen LogP contribution in [0.1, 0.15) is 44.3 Å². The second kappa shape index (κ2) is 14.3. The van der Waals surface area contributed by atoms with Gasteiger partial charge in [0.2, 0.25) is 6.10 Å². The molecule has 1 aliphatic rings. The van der Waals surface area contributed by atoms with E-state index in [4.69, 9.17) is 24.5 Å². The number of nitrogens with two attached hydrogens (primary N) is 1. The van der Waals surface area contributed by atoms with Gasteiger partial charge < -0.3 is 33.9 Å². The van der Waals surface area contributed by atoms with Gasteiger partial charge in [-0.25, -0.2) is 10.2 Å². The minimum Gasteiger partial charge on any atom is -0.468 e. The Kier molecular flexibility index (Phi) is 11.7. The fraction of sp³-hybridized carbons (Fsp3) is 0.565. The zero-order valence-corrected chi connectivity index (χ0v) is 23.7. The van der Waals surface area contributed by atoms with Crippen LogP contribution in [-0.2, 0) is 52.0 Å². The van der Waals surface area contributed by atoms with Crippen LogP contribution < -0.4 is 20.5 Å². The molecule has 1 aromatic heterocycles. The van der Waals surface area contributed by atoms with Crippen LogP contribution in [0.5, 0.6) is 0 Å². The molecule has 0 bridgehead atoms. The molecule has 0 unspecified atom stereocenters. The third-order valence-electron chi connectivity index (χ3n) is 5.55. The first-order chi connectivity index (χ1) is 18.7. The smallest absolute Gasteiger partial charge is 0.342 e. The average Bonchev–Trinajstić information content (AvgIpc) is 3.21. The molecule has 40 heavy (non-hydrogen) atoms. The Morgan fingerprint density at radius 1 is 1.00 bits per heavy atom. The van der Waals surface area contributed by atoms with Crippen molar-refractivity contribution in [2.45, 2.75) is 64.3 Å². The predicted octanol–water partition coefficient (Wildman–Crippen LogP) is -0.739. The summed E-state index contributed by atoms with van der Waals surface area (Å²) in [5.41, 5.74) is 5.49. The Balaban J connectivity index is 2.42. The Hall–Kier alpha value is -3.43. The number of hydrogen-bond donors (Lipinski definition) is 3. The number of methoxy groups -OCH3 is 2. The number of primary amides is 1. The summed E-state index contributed by atoms with van der Waals surface area (Å²) in [4.78, 5) is 59.6. The lowest BCUT2D eigenvalue weighted by Gasteiger charge is -2.27. The first-order valence-electron chi connectivity index (χ1n) is 12.0. The zero-order valence-electron chi connectivity index (χ0n) is 22.9. The van der Waals surface area contributed by atoms with Gasteiger partial charge in [0.1, 0.15) is 23.8 Å². The second-order valence-electron chi connectivity index (χ2n) is 8.71. The van der Waals surface area contributed by atoms with Gasteiger partial charge >= 0.3 is 37.8 Å². The van der Waals surface area contributed by atoms with E-state index in [2.05, 4.69) is 19.6 Å². The van der Waals surface area contributed by atoms with Crippen molar-refractivity contribution in [2.75, 3.05) is 20.8 Å². The summed E-state index contributed by atoms with van der Waals surface area (Å²) in [6, 6.07) is 0.673. The van der Waals surface area contributed by atoms with E-state index in [1.54, 1.807) is 0 Å². The van der Waals surface area contributed by atoms with Gasteiger partial charge in [0.05, 0.1) is 20.8 Å². The molecule has 0 saturated carbocycles. The Bertz CT molecular complexity index is 1140. The summed E-state index contributed by atoms with van der Waals surface area (Å²) in [6.45, 7) is 4.42. The van der Waals surface area contributed by atoms with Crippen molar-refractivity contribution in [1.82, 2.24) is 10.2 Å². The number of nitrogens with zero attached hydrogens (tertiary/aromatic N) is 1. The van der Waals surface area contributed by atoms with Crippen LogP contribution in [0.25, 0.3) is 0 Å². The third-order valence-corrected chi connectivity index (χ3v) is 7.51. The number of amides is 1. The summed E-state index contributed by atoms with van der Waals surface area (Å²) in [6.07, 6.45) is -1.97. The number of ether oxygens (including phenoxy) is 5. The van der Waals surface area contributed by atoms with Crippen molar-refractivity contribution in [3.05, 3.63) is 30.1 Å². The van der Waals surface area contributed by atoms with E-state index < -0.39 is 80.7 Å². The van der Waals surface area contributed by atoms with E-state index in [9.17, 15) is 28.5 Å². The van der Waals surface area contributed by atoms with E-state index in [-0.39, 0.29) is 5.56 Å². The molecule has 4 N–H and O–H groups in total. The largest absolute Gasteiger partial charge is 0.468 e. The molecule has 0 aromatic carbocycles. The number of carbonyl (C=O) groups is 5. The van der Waals surface area contributed by atoms with Crippen LogP contribution >= 0.6 is 7.67 Å². The second-order valence-corrected chi connectivity index (χ2v) is 10.6. The topological polar surface area (TPSA) is 212 Å². The van der Waals surface area contributed by atoms with Crippen LogP contribution in [0.4, 0.5) is 0 Å². The summed E-state index contributed by atoms with van der Waals surface area (Å²) in [7, 11) is -1.97. The van der Waals surface area contributed by atoms with E-state index in [1.165, 1.54) is 42.9 Å². The van der Waals surface area contributed by atoms with Gasteiger partial charge in [0.25, 0.3) is 5.91 Å². The molecular weight excluding hydrogens is 555 g/mol. The zero-order chi connectivity index (χ0) is 30.2. The van der Waals surface area contributed by atoms with Crippen molar-refractivity contribution >= 4 is 37.5 Å². The first kappa shape index (κ1) is 32.8. The minimum absolute atomic E-state index is 0.114. The maximum absolute atomic E-state index is 13.7. The van der Waals surface area contributed by atoms with Crippen molar-refractivity contribution in [2.24, 2.45) is 5.73 Å². The van der Waals surface area contributed by atoms with E-state index >= 15 is 0 Å². The molecule has 17 heteroatoms. The van der Waals surface area contributed by atoms with Crippen LogP contribution in [0.3, 0.4) is 0 Å². The van der Waals surface area contributed by atoms with Crippen molar-refractivity contribution < 1.29 is 61.3 Å². The molecule has 1 fully saturated rings. The van der Waals surface area contributed by atoms with Gasteiger partial charge in [-0.2, -0.15) is 4.57 Å². The molecular formula is C23H34N4O12P+. The highest BCUT2D eigenvalue weighted by Crippen LogP contribution is 2.41. The van der Waals surface area contributed by atoms with E-state index in [0.29, 0.717) is 0 Å². The molecule has 2 heterocycles. The van der Waals surface area contributed by atoms with E-state index in [1.807, 2.05) is 0 Å². The lowest BCUT2D eigenvalue weighted by molar-refractivity contribution is -0.765. The molecule has 1 saturated heterocycles. The van der Waals surface area contributed by atoms with Crippen molar-refractivity contribution in [3.8, 4) is 0 Å². The van der Waals surface area contributed by atoms with Crippen LogP contribution in [0, 0.1) is 0 Å². The molecule has 222 valence electrons. The van der Waals surface area contributed by atoms with Gasteiger partial charge in [-0.1, -0.05) is 0 Å². The normalized spacial score (nSPS) is 22.1. The molecule has 0 spiro atoms. The minimum atomic E-state index is -4.24. The Labute approximate surface area is 230 Å². The summed E-state index contributed by atoms with van der Waals surface area (Å²) in [5, 5.41) is 4.95. The quantitative estimate of drug-likeness (QED) is 0.112. The summed E-state index contributed by atoms with van der Waals surface area (Å²) >= 11 is 0. The molecule has 2 rings (SSSR count). The van der Waals surface area contributed by atoms with Gasteiger partial charge in [0, 0.05) is 19.9 Å². The maximum atomic E-state index is 13.7. The number of pyridine rings is 1. The molecule has 0 aliphatic carbocycles. The Morgan fingerprint density at radius 3 is 2.00 bits per heavy atom. The van der Waals surface area contributed by atoms with Crippen molar-refractivity contribution in [3.63, 3.8) is 0 Å². The summed E-state index contributed by atoms with van der Waals surface area (Å²) < 4.78 is 46.9. The van der Waals surface area contributed by atoms with Gasteiger partial charge in [-0.15, -0.1) is 0 Å². The third kappa shape index (κ3) is 8.79. The fourth-order valence-corrected chi connectivity index (χ4v) is 5.60. The molecule has 1 amide bonds. The molecule has 0 radical (unpaired) electrons. The Morgan fingerprint density at radius 2 is 1.52 bits per heavy atom. The molecule has 1 aromatic rings. The van der Waals surface area contributed by atoms with Crippen LogP contribution in [-0.4, -0.2) is 81.0 Å². The fourth-order valence-electron chi connectivity index (χ4n) is 3.79. The highest BCUT2D eigenvalue weighted by molar-refractivity contribution is 7.54. The van der Waals surface area contributed by atoms with Crippen molar-refractivity contribution in [1.29, 1.82) is 0 Å². The average molecular weight is 590 g/mol. The highest BCUT2D eigenvalue weighted by atomic mass is 31.2. The maximum Gasteiger partial charge on any atom is 0.342 e. The molecule has 6 atom stereocenters. The standard InChI is InChI=1S/C23H33N4O12P/c1-12(22(31)34-5)25-40(33,26-13(2)23(32)35-6)36-11-17-18(37-14(3)28)19(38-15(4)29)21(39-17)27-9-7-8-16(10-27)20(24)30/h7-10,12-13,17-19,21H,11H2,1-6H3,(H3-,24,25,26,30,33)/p+1/t12-,13-,17+,18+,19+,21+/m0/s1. The van der Waals surface area contributed by atoms with Crippen LogP contribution in [0.15, 0.2) is 24.5 Å². The number of esters is 4. The predicted molar refractivity (Wildman–Crippen MR) is 133 cm³/mol. The number of hydrogen-bond acceptors (Lipinski definition) is 12. The highest BCUT2D eigenvalue weighted by Gasteiger charge is 2.55. The van der Waals surface area contributed by atoms with Crippen LogP contribution in [0.2, 0.25) is 0 Å². The summed E-state index contributed by atoms with van der Waals surface area (Å²) in [5.74, 6) is -3.74. The first-order valence-corrected chi connectivity index (χ1v) is 13.6. The molecule has 16 nitrogen and oxygen atoms in total. The van der Waals surface area contributed by atoms with Gasteiger partial charge in [0.15, 0.2) is 18.5 Å². The monoisotopic (exact) mass is 589 g/mol. The van der Waals surface area contributed by atoms with Gasteiger partial charge in [-0.05, 0) is 19.9 Å². The lowest BCUT2D eigenvalue weighted by Crippen LogP contribution is -2.48. The number of carbonyl (C=O) groups excluding carboxylic acids is 5. The number of aromatic nitrogens is 1.